The summed E-state index contributed by atoms with van der Waals surface area (Å²) in [5.41, 5.74) is 0.945. The van der Waals surface area contributed by atoms with E-state index < -0.39 is 12.1 Å². The molecule has 118 valence electrons. The van der Waals surface area contributed by atoms with Crippen LogP contribution in [-0.2, 0) is 23.8 Å². The average Bonchev–Trinajstić information content (AvgIpc) is 2.84. The van der Waals surface area contributed by atoms with Gasteiger partial charge >= 0.3 is 5.97 Å². The molecule has 2 unspecified atom stereocenters. The molecule has 2 rings (SSSR count). The molecule has 0 aromatic rings. The van der Waals surface area contributed by atoms with E-state index in [9.17, 15) is 9.59 Å². The highest BCUT2D eigenvalue weighted by molar-refractivity contribution is 6.05. The zero-order valence-corrected chi connectivity index (χ0v) is 12.7. The summed E-state index contributed by atoms with van der Waals surface area (Å²) in [5, 5.41) is 0. The van der Waals surface area contributed by atoms with Crippen molar-refractivity contribution in [3.8, 4) is 11.8 Å². The topological polar surface area (TPSA) is 61.8 Å². The Morgan fingerprint density at radius 3 is 3.00 bits per heavy atom. The van der Waals surface area contributed by atoms with Gasteiger partial charge in [-0.15, -0.1) is 0 Å². The number of carbonyl (C=O) groups excluding carboxylic acids is 2. The molecule has 1 fully saturated rings. The van der Waals surface area contributed by atoms with Crippen LogP contribution in [0.4, 0.5) is 0 Å². The van der Waals surface area contributed by atoms with E-state index in [2.05, 4.69) is 18.4 Å². The first-order valence-electron chi connectivity index (χ1n) is 7.41. The van der Waals surface area contributed by atoms with E-state index in [0.29, 0.717) is 17.6 Å². The van der Waals surface area contributed by atoms with Crippen molar-refractivity contribution < 1.29 is 23.8 Å². The van der Waals surface area contributed by atoms with Crippen LogP contribution >= 0.6 is 0 Å². The normalized spacial score (nSPS) is 24.2. The van der Waals surface area contributed by atoms with Gasteiger partial charge in [-0.05, 0) is 19.3 Å². The van der Waals surface area contributed by atoms with E-state index in [4.69, 9.17) is 14.2 Å². The third-order valence-electron chi connectivity index (χ3n) is 3.36. The second kappa shape index (κ2) is 7.92. The number of esters is 1. The van der Waals surface area contributed by atoms with Gasteiger partial charge in [0.15, 0.2) is 12.4 Å². The van der Waals surface area contributed by atoms with Crippen LogP contribution < -0.4 is 0 Å². The molecule has 2 aliphatic rings. The minimum Gasteiger partial charge on any atom is -0.454 e. The Morgan fingerprint density at radius 1 is 1.50 bits per heavy atom. The minimum absolute atomic E-state index is 0.187. The monoisotopic (exact) mass is 304 g/mol. The number of ketones is 1. The van der Waals surface area contributed by atoms with Gasteiger partial charge in [0.25, 0.3) is 0 Å². The van der Waals surface area contributed by atoms with Crippen molar-refractivity contribution in [2.75, 3.05) is 13.2 Å². The van der Waals surface area contributed by atoms with E-state index in [1.165, 1.54) is 6.92 Å². The molecule has 2 atom stereocenters. The zero-order valence-electron chi connectivity index (χ0n) is 12.7. The molecule has 22 heavy (non-hydrogen) atoms. The van der Waals surface area contributed by atoms with E-state index in [1.54, 1.807) is 6.08 Å². The van der Waals surface area contributed by atoms with Crippen LogP contribution in [-0.4, -0.2) is 37.4 Å². The standard InChI is InChI=1S/C17H20O5/c1-12(11-21-16-5-3-4-10-20-16)6-7-14-8-9-15(17(14)19)22-13(2)18/h8,15-16H,1,3-5,9-11H2,2H3. The predicted molar refractivity (Wildman–Crippen MR) is 79.7 cm³/mol. The van der Waals surface area contributed by atoms with Gasteiger partial charge in [-0.3, -0.25) is 9.59 Å². The summed E-state index contributed by atoms with van der Waals surface area (Å²) in [6.45, 7) is 6.10. The van der Waals surface area contributed by atoms with Gasteiger partial charge in [-0.1, -0.05) is 24.5 Å². The summed E-state index contributed by atoms with van der Waals surface area (Å²) >= 11 is 0. The molecule has 0 spiro atoms. The summed E-state index contributed by atoms with van der Waals surface area (Å²) in [6.07, 6.45) is 4.19. The number of carbonyl (C=O) groups is 2. The molecular formula is C17H20O5. The highest BCUT2D eigenvalue weighted by Crippen LogP contribution is 2.18. The van der Waals surface area contributed by atoms with Crippen LogP contribution in [0.2, 0.25) is 0 Å². The molecule has 0 amide bonds. The Bertz CT molecular complexity index is 543. The van der Waals surface area contributed by atoms with Crippen LogP contribution in [0.15, 0.2) is 23.8 Å². The molecule has 0 aromatic heterocycles. The average molecular weight is 304 g/mol. The molecule has 0 saturated carbocycles. The Morgan fingerprint density at radius 2 is 2.32 bits per heavy atom. The summed E-state index contributed by atoms with van der Waals surface area (Å²) in [4.78, 5) is 22.8. The van der Waals surface area contributed by atoms with Gasteiger partial charge in [0.1, 0.15) is 0 Å². The number of rotatable bonds is 4. The summed E-state index contributed by atoms with van der Waals surface area (Å²) in [5.74, 6) is 4.86. The first-order valence-corrected chi connectivity index (χ1v) is 7.41. The molecule has 1 saturated heterocycles. The Labute approximate surface area is 130 Å². The summed E-state index contributed by atoms with van der Waals surface area (Å²) in [6, 6.07) is 0. The van der Waals surface area contributed by atoms with Crippen LogP contribution in [0.1, 0.15) is 32.6 Å². The highest BCUT2D eigenvalue weighted by Gasteiger charge is 2.28. The Balaban J connectivity index is 1.78. The van der Waals surface area contributed by atoms with Crippen LogP contribution in [0.5, 0.6) is 0 Å². The van der Waals surface area contributed by atoms with Gasteiger partial charge < -0.3 is 14.2 Å². The molecule has 0 bridgehead atoms. The first kappa shape index (κ1) is 16.5. The van der Waals surface area contributed by atoms with Crippen molar-refractivity contribution in [3.05, 3.63) is 23.8 Å². The van der Waals surface area contributed by atoms with Crippen molar-refractivity contribution in [2.45, 2.75) is 45.0 Å². The van der Waals surface area contributed by atoms with E-state index >= 15 is 0 Å². The smallest absolute Gasteiger partial charge is 0.303 e. The number of hydrogen-bond acceptors (Lipinski definition) is 5. The van der Waals surface area contributed by atoms with Crippen molar-refractivity contribution in [2.24, 2.45) is 0 Å². The summed E-state index contributed by atoms with van der Waals surface area (Å²) < 4.78 is 15.9. The van der Waals surface area contributed by atoms with Crippen molar-refractivity contribution in [3.63, 3.8) is 0 Å². The fraction of sp³-hybridized carbons (Fsp3) is 0.529. The molecule has 1 aliphatic carbocycles. The van der Waals surface area contributed by atoms with Gasteiger partial charge in [0.2, 0.25) is 5.78 Å². The number of Topliss-reactive ketones (excluding diaryl/α,β-unsaturated/α-hetero) is 1. The van der Waals surface area contributed by atoms with Gasteiger partial charge in [0.05, 0.1) is 12.2 Å². The molecule has 0 aromatic carbocycles. The SMILES string of the molecule is C=C(C#CC1=CCC(OC(C)=O)C1=O)COC1CCCCO1. The molecule has 5 heteroatoms. The molecule has 5 nitrogen and oxygen atoms in total. The largest absolute Gasteiger partial charge is 0.454 e. The van der Waals surface area contributed by atoms with Crippen LogP contribution in [0.3, 0.4) is 0 Å². The summed E-state index contributed by atoms with van der Waals surface area (Å²) in [7, 11) is 0. The molecule has 1 aliphatic heterocycles. The number of hydrogen-bond donors (Lipinski definition) is 0. The predicted octanol–water partition coefficient (Wildman–Crippen LogP) is 1.92. The maximum atomic E-state index is 11.9. The van der Waals surface area contributed by atoms with E-state index in [1.807, 2.05) is 0 Å². The van der Waals surface area contributed by atoms with Crippen LogP contribution in [0, 0.1) is 11.8 Å². The van der Waals surface area contributed by atoms with E-state index in [-0.39, 0.29) is 18.7 Å². The zero-order chi connectivity index (χ0) is 15.9. The second-order valence-electron chi connectivity index (χ2n) is 5.28. The fourth-order valence-corrected chi connectivity index (χ4v) is 2.25. The van der Waals surface area contributed by atoms with Crippen LogP contribution in [0.25, 0.3) is 0 Å². The molecule has 1 heterocycles. The van der Waals surface area contributed by atoms with E-state index in [0.717, 1.165) is 25.9 Å². The van der Waals surface area contributed by atoms with Crippen molar-refractivity contribution in [1.82, 2.24) is 0 Å². The maximum absolute atomic E-state index is 11.9. The lowest BCUT2D eigenvalue weighted by Crippen LogP contribution is -2.23. The number of ether oxygens (including phenoxy) is 3. The fourth-order valence-electron chi connectivity index (χ4n) is 2.25. The highest BCUT2D eigenvalue weighted by atomic mass is 16.7. The lowest BCUT2D eigenvalue weighted by atomic mass is 10.2. The second-order valence-corrected chi connectivity index (χ2v) is 5.28. The maximum Gasteiger partial charge on any atom is 0.303 e. The Kier molecular flexibility index (Phi) is 5.93. The Hall–Kier alpha value is -1.90. The lowest BCUT2D eigenvalue weighted by Gasteiger charge is -2.22. The van der Waals surface area contributed by atoms with Crippen molar-refractivity contribution >= 4 is 11.8 Å². The molecule has 0 N–H and O–H groups in total. The third-order valence-corrected chi connectivity index (χ3v) is 3.36. The van der Waals surface area contributed by atoms with Crippen molar-refractivity contribution in [1.29, 1.82) is 0 Å². The lowest BCUT2D eigenvalue weighted by molar-refractivity contribution is -0.156. The molecule has 0 radical (unpaired) electrons. The first-order chi connectivity index (χ1) is 10.6. The molecular weight excluding hydrogens is 284 g/mol. The quantitative estimate of drug-likeness (QED) is 0.586. The van der Waals surface area contributed by atoms with Gasteiger partial charge in [0, 0.05) is 25.5 Å². The van der Waals surface area contributed by atoms with Gasteiger partial charge in [-0.25, -0.2) is 0 Å². The van der Waals surface area contributed by atoms with Gasteiger partial charge in [-0.2, -0.15) is 0 Å². The third kappa shape index (κ3) is 4.83. The minimum atomic E-state index is -0.734.